The number of nitrogens with one attached hydrogen (secondary N) is 2. The van der Waals surface area contributed by atoms with E-state index < -0.39 is 0 Å². The standard InChI is InChI=1S/C11H21N5O2/c1-4-13-11(17)9(2)16-8-10(14-15-16)7-12-5-6-18-3/h8-9,12H,4-7H2,1-3H3,(H,13,17). The third-order valence-electron chi connectivity index (χ3n) is 2.47. The number of methoxy groups -OCH3 is 1. The highest BCUT2D eigenvalue weighted by Crippen LogP contribution is 2.04. The smallest absolute Gasteiger partial charge is 0.244 e. The minimum Gasteiger partial charge on any atom is -0.383 e. The SMILES string of the molecule is CCNC(=O)C(C)n1cc(CNCCOC)nn1. The molecule has 1 aromatic heterocycles. The fourth-order valence-electron chi connectivity index (χ4n) is 1.42. The Labute approximate surface area is 107 Å². The first kappa shape index (κ1) is 14.6. The van der Waals surface area contributed by atoms with Crippen LogP contribution < -0.4 is 10.6 Å². The fourth-order valence-corrected chi connectivity index (χ4v) is 1.42. The van der Waals surface area contributed by atoms with E-state index in [1.807, 2.05) is 6.92 Å². The molecule has 0 spiro atoms. The summed E-state index contributed by atoms with van der Waals surface area (Å²) in [6, 6.07) is -0.342. The molecule has 102 valence electrons. The van der Waals surface area contributed by atoms with Crippen molar-refractivity contribution >= 4 is 5.91 Å². The Morgan fingerprint density at radius 3 is 3.06 bits per heavy atom. The molecule has 1 unspecified atom stereocenters. The summed E-state index contributed by atoms with van der Waals surface area (Å²) in [5, 5.41) is 13.9. The molecule has 1 heterocycles. The maximum Gasteiger partial charge on any atom is 0.244 e. The van der Waals surface area contributed by atoms with E-state index in [1.165, 1.54) is 0 Å². The van der Waals surface area contributed by atoms with Crippen LogP contribution in [0.1, 0.15) is 25.6 Å². The molecular weight excluding hydrogens is 234 g/mol. The molecule has 7 heteroatoms. The minimum absolute atomic E-state index is 0.0544. The van der Waals surface area contributed by atoms with E-state index in [0.717, 1.165) is 12.2 Å². The van der Waals surface area contributed by atoms with Crippen molar-refractivity contribution in [2.24, 2.45) is 0 Å². The number of hydrogen-bond donors (Lipinski definition) is 2. The topological polar surface area (TPSA) is 81.1 Å². The Kier molecular flexibility index (Phi) is 6.31. The summed E-state index contributed by atoms with van der Waals surface area (Å²) in [5.74, 6) is -0.0544. The highest BCUT2D eigenvalue weighted by Gasteiger charge is 2.15. The Hall–Kier alpha value is -1.47. The number of carbonyl (C=O) groups is 1. The van der Waals surface area contributed by atoms with Gasteiger partial charge < -0.3 is 15.4 Å². The van der Waals surface area contributed by atoms with E-state index in [2.05, 4.69) is 20.9 Å². The number of aromatic nitrogens is 3. The molecule has 0 saturated carbocycles. The highest BCUT2D eigenvalue weighted by molar-refractivity contribution is 5.79. The molecule has 0 aromatic carbocycles. The molecule has 0 saturated heterocycles. The first-order valence-corrected chi connectivity index (χ1v) is 6.07. The van der Waals surface area contributed by atoms with Crippen LogP contribution >= 0.6 is 0 Å². The van der Waals surface area contributed by atoms with Crippen LogP contribution in [-0.4, -0.2) is 47.7 Å². The van der Waals surface area contributed by atoms with Crippen LogP contribution in [0.2, 0.25) is 0 Å². The summed E-state index contributed by atoms with van der Waals surface area (Å²) in [6.45, 7) is 6.33. The highest BCUT2D eigenvalue weighted by atomic mass is 16.5. The zero-order valence-corrected chi connectivity index (χ0v) is 11.1. The molecule has 0 aliphatic carbocycles. The molecule has 1 amide bonds. The summed E-state index contributed by atoms with van der Waals surface area (Å²) in [7, 11) is 1.66. The van der Waals surface area contributed by atoms with Gasteiger partial charge in [-0.2, -0.15) is 0 Å². The van der Waals surface area contributed by atoms with Gasteiger partial charge in [-0.05, 0) is 13.8 Å². The quantitative estimate of drug-likeness (QED) is 0.624. The second kappa shape index (κ2) is 7.78. The van der Waals surface area contributed by atoms with Gasteiger partial charge in [-0.15, -0.1) is 5.10 Å². The molecule has 7 nitrogen and oxygen atoms in total. The van der Waals surface area contributed by atoms with Crippen LogP contribution in [0.25, 0.3) is 0 Å². The zero-order chi connectivity index (χ0) is 13.4. The van der Waals surface area contributed by atoms with E-state index in [4.69, 9.17) is 4.74 Å². The number of ether oxygens (including phenoxy) is 1. The summed E-state index contributed by atoms with van der Waals surface area (Å²) < 4.78 is 6.49. The molecule has 1 rings (SSSR count). The van der Waals surface area contributed by atoms with Gasteiger partial charge in [-0.25, -0.2) is 4.68 Å². The van der Waals surface area contributed by atoms with E-state index in [-0.39, 0.29) is 11.9 Å². The van der Waals surface area contributed by atoms with E-state index >= 15 is 0 Å². The monoisotopic (exact) mass is 255 g/mol. The summed E-state index contributed by atoms with van der Waals surface area (Å²) in [5.41, 5.74) is 0.808. The molecule has 0 bridgehead atoms. The third kappa shape index (κ3) is 4.42. The third-order valence-corrected chi connectivity index (χ3v) is 2.47. The lowest BCUT2D eigenvalue weighted by atomic mass is 10.3. The van der Waals surface area contributed by atoms with Gasteiger partial charge in [0.15, 0.2) is 0 Å². The van der Waals surface area contributed by atoms with Crippen molar-refractivity contribution in [2.45, 2.75) is 26.4 Å². The van der Waals surface area contributed by atoms with Gasteiger partial charge in [-0.1, -0.05) is 5.21 Å². The lowest BCUT2D eigenvalue weighted by molar-refractivity contribution is -0.124. The van der Waals surface area contributed by atoms with Crippen molar-refractivity contribution in [3.05, 3.63) is 11.9 Å². The van der Waals surface area contributed by atoms with Crippen molar-refractivity contribution in [3.8, 4) is 0 Å². The van der Waals surface area contributed by atoms with Crippen molar-refractivity contribution in [1.82, 2.24) is 25.6 Å². The van der Waals surface area contributed by atoms with Crippen molar-refractivity contribution < 1.29 is 9.53 Å². The summed E-state index contributed by atoms with van der Waals surface area (Å²) in [6.07, 6.45) is 1.78. The first-order valence-electron chi connectivity index (χ1n) is 6.07. The van der Waals surface area contributed by atoms with Crippen LogP contribution in [0, 0.1) is 0 Å². The average Bonchev–Trinajstić information content (AvgIpc) is 2.83. The number of amides is 1. The number of rotatable bonds is 8. The molecule has 1 aromatic rings. The lowest BCUT2D eigenvalue weighted by Crippen LogP contribution is -2.31. The Morgan fingerprint density at radius 1 is 1.61 bits per heavy atom. The van der Waals surface area contributed by atoms with Gasteiger partial charge >= 0.3 is 0 Å². The van der Waals surface area contributed by atoms with E-state index in [1.54, 1.807) is 24.9 Å². The molecule has 0 fully saturated rings. The van der Waals surface area contributed by atoms with Crippen LogP contribution in [0.5, 0.6) is 0 Å². The first-order chi connectivity index (χ1) is 8.69. The maximum atomic E-state index is 11.6. The minimum atomic E-state index is -0.342. The Bertz CT molecular complexity index is 366. The van der Waals surface area contributed by atoms with Gasteiger partial charge in [0.05, 0.1) is 18.5 Å². The van der Waals surface area contributed by atoms with E-state index in [9.17, 15) is 4.79 Å². The van der Waals surface area contributed by atoms with Gasteiger partial charge in [-0.3, -0.25) is 4.79 Å². The van der Waals surface area contributed by atoms with Crippen LogP contribution in [0.4, 0.5) is 0 Å². The zero-order valence-electron chi connectivity index (χ0n) is 11.1. The van der Waals surface area contributed by atoms with Crippen molar-refractivity contribution in [2.75, 3.05) is 26.8 Å². The summed E-state index contributed by atoms with van der Waals surface area (Å²) >= 11 is 0. The number of hydrogen-bond acceptors (Lipinski definition) is 5. The van der Waals surface area contributed by atoms with Gasteiger partial charge in [0.1, 0.15) is 6.04 Å². The molecule has 0 aliphatic heterocycles. The molecule has 18 heavy (non-hydrogen) atoms. The van der Waals surface area contributed by atoms with Crippen LogP contribution in [-0.2, 0) is 16.1 Å². The van der Waals surface area contributed by atoms with E-state index in [0.29, 0.717) is 19.7 Å². The van der Waals surface area contributed by atoms with Gasteiger partial charge in [0.25, 0.3) is 0 Å². The lowest BCUT2D eigenvalue weighted by Gasteiger charge is -2.10. The second-order valence-electron chi connectivity index (χ2n) is 3.93. The normalized spacial score (nSPS) is 12.4. The molecular formula is C11H21N5O2. The second-order valence-corrected chi connectivity index (χ2v) is 3.93. The molecule has 0 aliphatic rings. The van der Waals surface area contributed by atoms with Crippen LogP contribution in [0.3, 0.4) is 0 Å². The van der Waals surface area contributed by atoms with Gasteiger partial charge in [0, 0.05) is 26.7 Å². The maximum absolute atomic E-state index is 11.6. The number of carbonyl (C=O) groups excluding carboxylic acids is 1. The van der Waals surface area contributed by atoms with Crippen LogP contribution in [0.15, 0.2) is 6.20 Å². The number of nitrogens with zero attached hydrogens (tertiary/aromatic N) is 3. The predicted octanol–water partition coefficient (Wildman–Crippen LogP) is -0.289. The predicted molar refractivity (Wildman–Crippen MR) is 67.0 cm³/mol. The molecule has 0 radical (unpaired) electrons. The average molecular weight is 255 g/mol. The number of likely N-dealkylation sites (N-methyl/N-ethyl adjacent to an activating group) is 1. The Balaban J connectivity index is 2.44. The summed E-state index contributed by atoms with van der Waals surface area (Å²) in [4.78, 5) is 11.6. The Morgan fingerprint density at radius 2 is 2.39 bits per heavy atom. The molecule has 2 N–H and O–H groups in total. The van der Waals surface area contributed by atoms with Gasteiger partial charge in [0.2, 0.25) is 5.91 Å². The van der Waals surface area contributed by atoms with Crippen molar-refractivity contribution in [3.63, 3.8) is 0 Å². The largest absolute Gasteiger partial charge is 0.383 e. The molecule has 1 atom stereocenters. The van der Waals surface area contributed by atoms with Crippen molar-refractivity contribution in [1.29, 1.82) is 0 Å². The fraction of sp³-hybridized carbons (Fsp3) is 0.727.